The zero-order valence-electron chi connectivity index (χ0n) is 17.4. The van der Waals surface area contributed by atoms with Crippen molar-refractivity contribution in [2.24, 2.45) is 11.0 Å². The molecule has 0 saturated heterocycles. The molecule has 7 heteroatoms. The Morgan fingerprint density at radius 3 is 2.58 bits per heavy atom. The molecular formula is C24H24FN3O3. The Labute approximate surface area is 180 Å². The zero-order valence-corrected chi connectivity index (χ0v) is 17.4. The number of carbonyl (C=O) groups is 2. The number of benzene rings is 3. The van der Waals surface area contributed by atoms with Gasteiger partial charge in [-0.25, -0.2) is 9.82 Å². The van der Waals surface area contributed by atoms with Gasteiger partial charge in [-0.1, -0.05) is 49.4 Å². The molecule has 3 rings (SSSR count). The van der Waals surface area contributed by atoms with Gasteiger partial charge in [0.25, 0.3) is 5.91 Å². The number of nitrogens with zero attached hydrogens (tertiary/aromatic N) is 1. The van der Waals surface area contributed by atoms with Crippen molar-refractivity contribution in [1.82, 2.24) is 5.43 Å². The average molecular weight is 421 g/mol. The fourth-order valence-electron chi connectivity index (χ4n) is 2.93. The van der Waals surface area contributed by atoms with Crippen molar-refractivity contribution >= 4 is 34.5 Å². The molecule has 1 atom stereocenters. The fourth-order valence-corrected chi connectivity index (χ4v) is 2.93. The van der Waals surface area contributed by atoms with Gasteiger partial charge >= 0.3 is 0 Å². The van der Waals surface area contributed by atoms with Crippen LogP contribution in [-0.4, -0.2) is 24.6 Å². The third kappa shape index (κ3) is 5.45. The van der Waals surface area contributed by atoms with Gasteiger partial charge in [0.05, 0.1) is 18.5 Å². The van der Waals surface area contributed by atoms with Crippen LogP contribution in [-0.2, 0) is 9.59 Å². The number of nitrogens with one attached hydrogen (secondary N) is 2. The minimum absolute atomic E-state index is 0.0177. The van der Waals surface area contributed by atoms with Crippen molar-refractivity contribution in [3.63, 3.8) is 0 Å². The predicted octanol–water partition coefficient (Wildman–Crippen LogP) is 4.49. The first-order valence-electron chi connectivity index (χ1n) is 10.0. The van der Waals surface area contributed by atoms with Gasteiger partial charge in [0.15, 0.2) is 0 Å². The third-order valence-electron chi connectivity index (χ3n) is 4.68. The maximum atomic E-state index is 13.7. The molecule has 1 unspecified atom stereocenters. The first-order chi connectivity index (χ1) is 15.0. The van der Waals surface area contributed by atoms with Gasteiger partial charge in [0, 0.05) is 5.56 Å². The Balaban J connectivity index is 1.72. The largest absolute Gasteiger partial charge is 0.493 e. The fraction of sp³-hybridized carbons (Fsp3) is 0.208. The van der Waals surface area contributed by atoms with E-state index in [1.807, 2.05) is 43.3 Å². The molecule has 160 valence electrons. The van der Waals surface area contributed by atoms with Crippen molar-refractivity contribution in [1.29, 1.82) is 0 Å². The van der Waals surface area contributed by atoms with Crippen LogP contribution in [0.2, 0.25) is 0 Å². The SMILES string of the molecule is CCCOc1ccc2ccccc2c1C=NNC(=O)C(C)C(=O)Nc1ccccc1F. The van der Waals surface area contributed by atoms with Crippen molar-refractivity contribution in [2.75, 3.05) is 11.9 Å². The average Bonchev–Trinajstić information content (AvgIpc) is 2.79. The van der Waals surface area contributed by atoms with Gasteiger partial charge in [-0.3, -0.25) is 9.59 Å². The summed E-state index contributed by atoms with van der Waals surface area (Å²) in [6.07, 6.45) is 2.36. The van der Waals surface area contributed by atoms with E-state index in [2.05, 4.69) is 15.8 Å². The molecule has 3 aromatic rings. The van der Waals surface area contributed by atoms with Crippen molar-refractivity contribution in [3.8, 4) is 5.75 Å². The molecule has 0 fully saturated rings. The minimum atomic E-state index is -1.07. The molecule has 0 bridgehead atoms. The second-order valence-corrected chi connectivity index (χ2v) is 6.97. The maximum absolute atomic E-state index is 13.7. The van der Waals surface area contributed by atoms with E-state index in [1.54, 1.807) is 6.07 Å². The van der Waals surface area contributed by atoms with Gasteiger partial charge in [-0.15, -0.1) is 0 Å². The number of amides is 2. The summed E-state index contributed by atoms with van der Waals surface area (Å²) in [6, 6.07) is 17.4. The highest BCUT2D eigenvalue weighted by atomic mass is 19.1. The van der Waals surface area contributed by atoms with Crippen molar-refractivity contribution in [2.45, 2.75) is 20.3 Å². The number of halogens is 1. The summed E-state index contributed by atoms with van der Waals surface area (Å²) in [4.78, 5) is 24.6. The monoisotopic (exact) mass is 421 g/mol. The van der Waals surface area contributed by atoms with Crippen LogP contribution < -0.4 is 15.5 Å². The van der Waals surface area contributed by atoms with Crippen LogP contribution >= 0.6 is 0 Å². The van der Waals surface area contributed by atoms with E-state index in [0.717, 1.165) is 22.8 Å². The number of fused-ring (bicyclic) bond motifs is 1. The lowest BCUT2D eigenvalue weighted by molar-refractivity contribution is -0.131. The zero-order chi connectivity index (χ0) is 22.2. The van der Waals surface area contributed by atoms with E-state index >= 15 is 0 Å². The lowest BCUT2D eigenvalue weighted by atomic mass is 10.0. The van der Waals surface area contributed by atoms with E-state index in [4.69, 9.17) is 4.74 Å². The Morgan fingerprint density at radius 2 is 1.81 bits per heavy atom. The number of rotatable bonds is 8. The van der Waals surface area contributed by atoms with Crippen LogP contribution in [0, 0.1) is 11.7 Å². The van der Waals surface area contributed by atoms with Crippen molar-refractivity contribution in [3.05, 3.63) is 72.0 Å². The second kappa shape index (κ2) is 10.3. The molecule has 2 amide bonds. The molecule has 0 aromatic heterocycles. The van der Waals surface area contributed by atoms with Crippen LogP contribution in [0.4, 0.5) is 10.1 Å². The van der Waals surface area contributed by atoms with Gasteiger partial charge in [-0.2, -0.15) is 5.10 Å². The van der Waals surface area contributed by atoms with E-state index in [0.29, 0.717) is 12.4 Å². The first-order valence-corrected chi connectivity index (χ1v) is 10.0. The van der Waals surface area contributed by atoms with Crippen LogP contribution in [0.1, 0.15) is 25.8 Å². The lowest BCUT2D eigenvalue weighted by Crippen LogP contribution is -2.34. The highest BCUT2D eigenvalue weighted by Crippen LogP contribution is 2.26. The number of anilines is 1. The molecular weight excluding hydrogens is 397 g/mol. The van der Waals surface area contributed by atoms with Gasteiger partial charge < -0.3 is 10.1 Å². The number of hydrazone groups is 1. The number of carbonyl (C=O) groups excluding carboxylic acids is 2. The highest BCUT2D eigenvalue weighted by molar-refractivity contribution is 6.07. The Morgan fingerprint density at radius 1 is 1.06 bits per heavy atom. The van der Waals surface area contributed by atoms with Crippen LogP contribution in [0.15, 0.2) is 65.8 Å². The van der Waals surface area contributed by atoms with Gasteiger partial charge in [-0.05, 0) is 42.3 Å². The predicted molar refractivity (Wildman–Crippen MR) is 120 cm³/mol. The van der Waals surface area contributed by atoms with Crippen LogP contribution in [0.5, 0.6) is 5.75 Å². The molecule has 6 nitrogen and oxygen atoms in total. The molecule has 3 aromatic carbocycles. The summed E-state index contributed by atoms with van der Waals surface area (Å²) in [7, 11) is 0. The van der Waals surface area contributed by atoms with Gasteiger partial charge in [0.1, 0.15) is 17.5 Å². The summed E-state index contributed by atoms with van der Waals surface area (Å²) >= 11 is 0. The molecule has 0 radical (unpaired) electrons. The van der Waals surface area contributed by atoms with E-state index in [1.165, 1.54) is 31.3 Å². The normalized spacial score (nSPS) is 12.0. The third-order valence-corrected chi connectivity index (χ3v) is 4.68. The standard InChI is InChI=1S/C24H24FN3O3/c1-3-14-31-22-13-12-17-8-4-5-9-18(17)19(22)15-26-28-24(30)16(2)23(29)27-21-11-7-6-10-20(21)25/h4-13,15-16H,3,14H2,1-2H3,(H,27,29)(H,28,30). The summed E-state index contributed by atoms with van der Waals surface area (Å²) in [5, 5.41) is 8.38. The number of para-hydroxylation sites is 1. The quantitative estimate of drug-likeness (QED) is 0.319. The first kappa shape index (κ1) is 22.0. The van der Waals surface area contributed by atoms with Gasteiger partial charge in [0.2, 0.25) is 5.91 Å². The maximum Gasteiger partial charge on any atom is 0.252 e. The Bertz CT molecular complexity index is 1110. The molecule has 31 heavy (non-hydrogen) atoms. The molecule has 0 saturated carbocycles. The summed E-state index contributed by atoms with van der Waals surface area (Å²) in [5.41, 5.74) is 3.13. The number of ether oxygens (including phenoxy) is 1. The van der Waals surface area contributed by atoms with Crippen molar-refractivity contribution < 1.29 is 18.7 Å². The molecule has 0 aliphatic heterocycles. The van der Waals surface area contributed by atoms with Crippen LogP contribution in [0.3, 0.4) is 0 Å². The van der Waals surface area contributed by atoms with Crippen LogP contribution in [0.25, 0.3) is 10.8 Å². The molecule has 0 spiro atoms. The van der Waals surface area contributed by atoms with E-state index < -0.39 is 23.5 Å². The molecule has 0 aliphatic carbocycles. The number of hydrogen-bond donors (Lipinski definition) is 2. The lowest BCUT2D eigenvalue weighted by Gasteiger charge is -2.12. The highest BCUT2D eigenvalue weighted by Gasteiger charge is 2.22. The Hall–Kier alpha value is -3.74. The smallest absolute Gasteiger partial charge is 0.252 e. The second-order valence-electron chi connectivity index (χ2n) is 6.97. The summed E-state index contributed by atoms with van der Waals surface area (Å²) < 4.78 is 19.5. The van der Waals surface area contributed by atoms with E-state index in [-0.39, 0.29) is 5.69 Å². The number of hydrogen-bond acceptors (Lipinski definition) is 4. The summed E-state index contributed by atoms with van der Waals surface area (Å²) in [5.74, 6) is -2.22. The topological polar surface area (TPSA) is 79.8 Å². The molecule has 2 N–H and O–H groups in total. The summed E-state index contributed by atoms with van der Waals surface area (Å²) in [6.45, 7) is 4.00. The Kier molecular flexibility index (Phi) is 7.32. The minimum Gasteiger partial charge on any atom is -0.493 e. The molecule has 0 heterocycles. The molecule has 0 aliphatic rings. The van der Waals surface area contributed by atoms with E-state index in [9.17, 15) is 14.0 Å².